The number of fused-ring (bicyclic) bond motifs is 2. The topological polar surface area (TPSA) is 58.4 Å². The van der Waals surface area contributed by atoms with Gasteiger partial charge >= 0.3 is 0 Å². The Morgan fingerprint density at radius 1 is 1.04 bits per heavy atom. The average molecular weight is 339 g/mol. The summed E-state index contributed by atoms with van der Waals surface area (Å²) in [6, 6.07) is 10.2. The van der Waals surface area contributed by atoms with Crippen LogP contribution in [0.15, 0.2) is 35.1 Å². The first-order valence-corrected chi connectivity index (χ1v) is 9.26. The normalized spacial score (nSPS) is 18.4. The molecular weight excluding hydrogens is 314 g/mol. The maximum Gasteiger partial charge on any atom is 0.267 e. The number of hydrogen-bond acceptors (Lipinski definition) is 4. The fourth-order valence-electron chi connectivity index (χ4n) is 4.00. The van der Waals surface area contributed by atoms with Crippen molar-refractivity contribution < 1.29 is 5.11 Å². The second-order valence-corrected chi connectivity index (χ2v) is 7.25. The second kappa shape index (κ2) is 7.10. The van der Waals surface area contributed by atoms with E-state index >= 15 is 0 Å². The number of hydrogen-bond donors (Lipinski definition) is 1. The number of aliphatic hydroxyl groups excluding tert-OH is 1. The Bertz CT molecular complexity index is 815. The van der Waals surface area contributed by atoms with E-state index in [0.717, 1.165) is 56.5 Å². The van der Waals surface area contributed by atoms with Gasteiger partial charge in [0.05, 0.1) is 18.3 Å². The minimum absolute atomic E-state index is 0.0938. The highest BCUT2D eigenvalue weighted by atomic mass is 16.3. The molecule has 0 unspecified atom stereocenters. The molecule has 2 aliphatic rings. The molecule has 0 amide bonds. The molecule has 5 nitrogen and oxygen atoms in total. The van der Waals surface area contributed by atoms with Gasteiger partial charge in [-0.3, -0.25) is 9.69 Å². The SMILES string of the molecule is O=c1cc2c(nn1C[C@H](O)CN1CCc3ccccc3C1)CCCC2. The molecule has 4 rings (SSSR count). The van der Waals surface area contributed by atoms with Gasteiger partial charge < -0.3 is 5.11 Å². The van der Waals surface area contributed by atoms with Gasteiger partial charge in [-0.25, -0.2) is 4.68 Å². The molecule has 1 aliphatic heterocycles. The molecule has 2 aromatic rings. The first-order chi connectivity index (χ1) is 12.2. The zero-order valence-corrected chi connectivity index (χ0v) is 14.5. The fourth-order valence-corrected chi connectivity index (χ4v) is 4.00. The minimum Gasteiger partial charge on any atom is -0.390 e. The summed E-state index contributed by atoms with van der Waals surface area (Å²) in [6.07, 6.45) is 4.59. The van der Waals surface area contributed by atoms with Gasteiger partial charge in [-0.05, 0) is 48.8 Å². The van der Waals surface area contributed by atoms with Gasteiger partial charge in [0.1, 0.15) is 0 Å². The fraction of sp³-hybridized carbons (Fsp3) is 0.500. The molecule has 0 saturated carbocycles. The maximum absolute atomic E-state index is 12.3. The van der Waals surface area contributed by atoms with Crippen LogP contribution < -0.4 is 5.56 Å². The van der Waals surface area contributed by atoms with Gasteiger partial charge in [0.15, 0.2) is 0 Å². The molecule has 0 radical (unpaired) electrons. The summed E-state index contributed by atoms with van der Waals surface area (Å²) < 4.78 is 1.45. The predicted molar refractivity (Wildman–Crippen MR) is 96.6 cm³/mol. The number of β-amino-alcohol motifs (C(OH)–C–C–N with tert-alkyl or cyclic N) is 1. The third-order valence-corrected chi connectivity index (χ3v) is 5.34. The van der Waals surface area contributed by atoms with Crippen molar-refractivity contribution in [2.75, 3.05) is 13.1 Å². The highest BCUT2D eigenvalue weighted by Crippen LogP contribution is 2.19. The van der Waals surface area contributed by atoms with Crippen LogP contribution in [0.3, 0.4) is 0 Å². The van der Waals surface area contributed by atoms with E-state index in [4.69, 9.17) is 0 Å². The molecule has 132 valence electrons. The van der Waals surface area contributed by atoms with E-state index in [1.54, 1.807) is 6.07 Å². The zero-order chi connectivity index (χ0) is 17.2. The van der Waals surface area contributed by atoms with Crippen molar-refractivity contribution >= 4 is 0 Å². The van der Waals surface area contributed by atoms with Gasteiger partial charge in [0.25, 0.3) is 5.56 Å². The molecule has 25 heavy (non-hydrogen) atoms. The van der Waals surface area contributed by atoms with Crippen molar-refractivity contribution in [2.45, 2.75) is 51.3 Å². The van der Waals surface area contributed by atoms with Crippen LogP contribution in [0.4, 0.5) is 0 Å². The summed E-state index contributed by atoms with van der Waals surface area (Å²) in [6.45, 7) is 2.64. The van der Waals surface area contributed by atoms with Gasteiger partial charge in [0.2, 0.25) is 0 Å². The zero-order valence-electron chi connectivity index (χ0n) is 14.5. The Kier molecular flexibility index (Phi) is 4.68. The summed E-state index contributed by atoms with van der Waals surface area (Å²) in [5.41, 5.74) is 4.77. The predicted octanol–water partition coefficient (Wildman–Crippen LogP) is 1.54. The van der Waals surface area contributed by atoms with E-state index in [1.807, 2.05) is 0 Å². The van der Waals surface area contributed by atoms with Crippen LogP contribution in [0.25, 0.3) is 0 Å². The monoisotopic (exact) mass is 339 g/mol. The summed E-state index contributed by atoms with van der Waals surface area (Å²) in [4.78, 5) is 14.5. The quantitative estimate of drug-likeness (QED) is 0.918. The van der Waals surface area contributed by atoms with Gasteiger partial charge in [-0.15, -0.1) is 0 Å². The molecular formula is C20H25N3O2. The summed E-state index contributed by atoms with van der Waals surface area (Å²) in [7, 11) is 0. The van der Waals surface area contributed by atoms with E-state index in [0.29, 0.717) is 6.54 Å². The van der Waals surface area contributed by atoms with Crippen LogP contribution >= 0.6 is 0 Å². The summed E-state index contributed by atoms with van der Waals surface area (Å²) in [5, 5.41) is 15.0. The molecule has 1 aliphatic carbocycles. The molecule has 0 bridgehead atoms. The molecule has 1 aromatic heterocycles. The molecule has 1 N–H and O–H groups in total. The molecule has 0 spiro atoms. The highest BCUT2D eigenvalue weighted by molar-refractivity contribution is 5.29. The standard InChI is InChI=1S/C20H25N3O2/c24-18(13-22-10-9-15-5-1-2-7-17(15)12-22)14-23-20(25)11-16-6-3-4-8-19(16)21-23/h1-2,5,7,11,18,24H,3-4,6,8-10,12-14H2/t18-/m1/s1. The molecule has 2 heterocycles. The lowest BCUT2D eigenvalue weighted by atomic mass is 9.97. The number of aliphatic hydroxyl groups is 1. The van der Waals surface area contributed by atoms with Crippen LogP contribution in [-0.2, 0) is 32.4 Å². The van der Waals surface area contributed by atoms with Crippen molar-refractivity contribution in [3.63, 3.8) is 0 Å². The lowest BCUT2D eigenvalue weighted by Crippen LogP contribution is -2.40. The first-order valence-electron chi connectivity index (χ1n) is 9.26. The Morgan fingerprint density at radius 2 is 1.84 bits per heavy atom. The molecule has 0 fully saturated rings. The molecule has 1 aromatic carbocycles. The maximum atomic E-state index is 12.3. The Hall–Kier alpha value is -1.98. The highest BCUT2D eigenvalue weighted by Gasteiger charge is 2.20. The van der Waals surface area contributed by atoms with E-state index in [2.05, 4.69) is 34.3 Å². The molecule has 1 atom stereocenters. The minimum atomic E-state index is -0.586. The summed E-state index contributed by atoms with van der Waals surface area (Å²) >= 11 is 0. The van der Waals surface area contributed by atoms with Crippen LogP contribution in [0.5, 0.6) is 0 Å². The van der Waals surface area contributed by atoms with Crippen LogP contribution in [0.1, 0.15) is 35.2 Å². The lowest BCUT2D eigenvalue weighted by molar-refractivity contribution is 0.0873. The second-order valence-electron chi connectivity index (χ2n) is 7.25. The summed E-state index contributed by atoms with van der Waals surface area (Å²) in [5.74, 6) is 0. The van der Waals surface area contributed by atoms with E-state index < -0.39 is 6.10 Å². The van der Waals surface area contributed by atoms with Crippen LogP contribution in [0.2, 0.25) is 0 Å². The Morgan fingerprint density at radius 3 is 2.72 bits per heavy atom. The lowest BCUT2D eigenvalue weighted by Gasteiger charge is -2.30. The van der Waals surface area contributed by atoms with Gasteiger partial charge in [0, 0.05) is 25.7 Å². The smallest absolute Gasteiger partial charge is 0.267 e. The number of nitrogens with zero attached hydrogens (tertiary/aromatic N) is 3. The van der Waals surface area contributed by atoms with Crippen LogP contribution in [0, 0.1) is 0 Å². The third kappa shape index (κ3) is 3.67. The van der Waals surface area contributed by atoms with Crippen molar-refractivity contribution in [1.82, 2.24) is 14.7 Å². The van der Waals surface area contributed by atoms with E-state index in [-0.39, 0.29) is 12.1 Å². The first kappa shape index (κ1) is 16.5. The molecule has 5 heteroatoms. The van der Waals surface area contributed by atoms with Gasteiger partial charge in [-0.1, -0.05) is 24.3 Å². The number of benzene rings is 1. The van der Waals surface area contributed by atoms with E-state index in [9.17, 15) is 9.90 Å². The number of rotatable bonds is 4. The average Bonchev–Trinajstić information content (AvgIpc) is 2.62. The van der Waals surface area contributed by atoms with Gasteiger partial charge in [-0.2, -0.15) is 5.10 Å². The number of aryl methyl sites for hydroxylation is 2. The Labute approximate surface area is 147 Å². The van der Waals surface area contributed by atoms with E-state index in [1.165, 1.54) is 15.8 Å². The van der Waals surface area contributed by atoms with Crippen molar-refractivity contribution in [2.24, 2.45) is 0 Å². The van der Waals surface area contributed by atoms with Crippen LogP contribution in [-0.4, -0.2) is 39.0 Å². The Balaban J connectivity index is 1.41. The largest absolute Gasteiger partial charge is 0.390 e. The van der Waals surface area contributed by atoms with Crippen molar-refractivity contribution in [1.29, 1.82) is 0 Å². The molecule has 0 saturated heterocycles. The van der Waals surface area contributed by atoms with Crippen molar-refractivity contribution in [3.8, 4) is 0 Å². The number of aromatic nitrogens is 2. The third-order valence-electron chi connectivity index (χ3n) is 5.34. The van der Waals surface area contributed by atoms with Crippen molar-refractivity contribution in [3.05, 3.63) is 63.1 Å².